The molecule has 2 unspecified atom stereocenters. The Bertz CT molecular complexity index is 808. The number of nitrogens with zero attached hydrogens (tertiary/aromatic N) is 3. The molecule has 0 N–H and O–H groups in total. The maximum Gasteiger partial charge on any atom is 0.134 e. The van der Waals surface area contributed by atoms with E-state index in [0.717, 1.165) is 42.2 Å². The summed E-state index contributed by atoms with van der Waals surface area (Å²) >= 11 is 0. The van der Waals surface area contributed by atoms with E-state index >= 15 is 0 Å². The summed E-state index contributed by atoms with van der Waals surface area (Å²) < 4.78 is 19.6. The second-order valence-electron chi connectivity index (χ2n) is 7.31. The first-order valence-corrected chi connectivity index (χ1v) is 9.63. The predicted octanol–water partition coefficient (Wildman–Crippen LogP) is 4.22. The highest BCUT2D eigenvalue weighted by atomic mass is 19.1. The van der Waals surface area contributed by atoms with Gasteiger partial charge < -0.3 is 14.5 Å². The zero-order valence-corrected chi connectivity index (χ0v) is 15.8. The number of fused-ring (bicyclic) bond motifs is 1. The van der Waals surface area contributed by atoms with Crippen LogP contribution in [0.5, 0.6) is 0 Å². The van der Waals surface area contributed by atoms with Crippen LogP contribution in [0.2, 0.25) is 0 Å². The van der Waals surface area contributed by atoms with E-state index in [1.54, 1.807) is 12.1 Å². The zero-order valence-electron chi connectivity index (χ0n) is 15.8. The van der Waals surface area contributed by atoms with Crippen molar-refractivity contribution in [2.24, 2.45) is 4.99 Å². The Kier molecular flexibility index (Phi) is 5.12. The number of amidine groups is 1. The van der Waals surface area contributed by atoms with E-state index in [2.05, 4.69) is 41.7 Å². The number of halogens is 1. The molecule has 0 amide bonds. The maximum atomic E-state index is 13.6. The Hall–Kier alpha value is -2.40. The van der Waals surface area contributed by atoms with Crippen molar-refractivity contribution in [1.82, 2.24) is 9.80 Å². The molecule has 0 saturated carbocycles. The van der Waals surface area contributed by atoms with Crippen molar-refractivity contribution in [3.05, 3.63) is 72.0 Å². The quantitative estimate of drug-likeness (QED) is 0.749. The van der Waals surface area contributed by atoms with E-state index in [1.165, 1.54) is 12.5 Å². The van der Waals surface area contributed by atoms with Crippen molar-refractivity contribution in [3.63, 3.8) is 0 Å². The first-order valence-electron chi connectivity index (χ1n) is 9.63. The fourth-order valence-electron chi connectivity index (χ4n) is 3.98. The Morgan fingerprint density at radius 3 is 3.00 bits per heavy atom. The molecular weight excluding hydrogens is 341 g/mol. The highest BCUT2D eigenvalue weighted by Crippen LogP contribution is 2.31. The Morgan fingerprint density at radius 2 is 2.22 bits per heavy atom. The summed E-state index contributed by atoms with van der Waals surface area (Å²) in [5.74, 6) is 0.784. The van der Waals surface area contributed by atoms with Crippen LogP contribution in [-0.2, 0) is 11.3 Å². The van der Waals surface area contributed by atoms with Crippen LogP contribution in [-0.4, -0.2) is 40.9 Å². The fraction of sp³-hybridized carbons (Fsp3) is 0.409. The molecule has 4 nitrogen and oxygen atoms in total. The summed E-state index contributed by atoms with van der Waals surface area (Å²) in [5, 5.41) is 0. The van der Waals surface area contributed by atoms with Crippen molar-refractivity contribution >= 4 is 5.84 Å². The normalized spacial score (nSPS) is 25.6. The lowest BCUT2D eigenvalue weighted by Gasteiger charge is -2.43. The number of aliphatic imine (C=N–C) groups is 1. The van der Waals surface area contributed by atoms with E-state index in [-0.39, 0.29) is 18.0 Å². The minimum Gasteiger partial charge on any atom is -0.370 e. The Morgan fingerprint density at radius 1 is 1.33 bits per heavy atom. The molecule has 0 bridgehead atoms. The van der Waals surface area contributed by atoms with Gasteiger partial charge in [-0.25, -0.2) is 4.39 Å². The highest BCUT2D eigenvalue weighted by Gasteiger charge is 2.34. The molecule has 0 aromatic heterocycles. The number of allylic oxidation sites excluding steroid dienone is 1. The van der Waals surface area contributed by atoms with E-state index in [4.69, 9.17) is 9.73 Å². The van der Waals surface area contributed by atoms with Crippen molar-refractivity contribution in [2.75, 3.05) is 13.2 Å². The van der Waals surface area contributed by atoms with Gasteiger partial charge in [-0.05, 0) is 43.9 Å². The van der Waals surface area contributed by atoms with Gasteiger partial charge in [0, 0.05) is 30.7 Å². The van der Waals surface area contributed by atoms with Crippen LogP contribution in [0.1, 0.15) is 31.7 Å². The van der Waals surface area contributed by atoms with Crippen LogP contribution in [0, 0.1) is 5.82 Å². The van der Waals surface area contributed by atoms with Gasteiger partial charge in [-0.1, -0.05) is 30.9 Å². The standard InChI is InChI=1S/C22H26FN3O/c1-16-14-26-20(9-6-11-24-22(26)21-10-3-4-12-27-21)17(2)25(16)15-18-7-5-8-19(23)13-18/h5-9,13-14,20-21H,2-4,10-12,15H2,1H3. The van der Waals surface area contributed by atoms with Gasteiger partial charge in [-0.3, -0.25) is 4.99 Å². The summed E-state index contributed by atoms with van der Waals surface area (Å²) in [7, 11) is 0. The molecule has 4 rings (SSSR count). The summed E-state index contributed by atoms with van der Waals surface area (Å²) in [4.78, 5) is 9.16. The van der Waals surface area contributed by atoms with E-state index < -0.39 is 0 Å². The second-order valence-corrected chi connectivity index (χ2v) is 7.31. The molecule has 1 fully saturated rings. The maximum absolute atomic E-state index is 13.6. The summed E-state index contributed by atoms with van der Waals surface area (Å²) in [6, 6.07) is 6.76. The third kappa shape index (κ3) is 3.69. The smallest absolute Gasteiger partial charge is 0.134 e. The van der Waals surface area contributed by atoms with Gasteiger partial charge in [0.15, 0.2) is 0 Å². The monoisotopic (exact) mass is 367 g/mol. The van der Waals surface area contributed by atoms with Crippen LogP contribution in [0.4, 0.5) is 4.39 Å². The number of hydrogen-bond donors (Lipinski definition) is 0. The molecule has 1 aromatic carbocycles. The SMILES string of the molecule is C=C1C2C=CCN=C(C3CCCCO3)N2C=C(C)N1Cc1cccc(F)c1. The first kappa shape index (κ1) is 18.0. The van der Waals surface area contributed by atoms with Crippen LogP contribution >= 0.6 is 0 Å². The highest BCUT2D eigenvalue weighted by molar-refractivity contribution is 5.89. The average Bonchev–Trinajstić information content (AvgIpc) is 2.88. The zero-order chi connectivity index (χ0) is 18.8. The third-order valence-electron chi connectivity index (χ3n) is 5.38. The molecule has 1 aromatic rings. The summed E-state index contributed by atoms with van der Waals surface area (Å²) in [6.07, 6.45) is 9.73. The first-order chi connectivity index (χ1) is 13.1. The average molecular weight is 367 g/mol. The van der Waals surface area contributed by atoms with Crippen molar-refractivity contribution in [1.29, 1.82) is 0 Å². The van der Waals surface area contributed by atoms with Crippen LogP contribution in [0.3, 0.4) is 0 Å². The molecule has 3 heterocycles. The molecule has 1 saturated heterocycles. The number of rotatable bonds is 3. The van der Waals surface area contributed by atoms with Gasteiger partial charge in [0.25, 0.3) is 0 Å². The van der Waals surface area contributed by atoms with E-state index in [9.17, 15) is 4.39 Å². The lowest BCUT2D eigenvalue weighted by atomic mass is 10.0. The fourth-order valence-corrected chi connectivity index (χ4v) is 3.98. The molecule has 2 atom stereocenters. The van der Waals surface area contributed by atoms with Crippen molar-refractivity contribution in [2.45, 2.75) is 44.9 Å². The summed E-state index contributed by atoms with van der Waals surface area (Å²) in [5.41, 5.74) is 2.97. The van der Waals surface area contributed by atoms with Gasteiger partial charge in [-0.2, -0.15) is 0 Å². The number of ether oxygens (including phenoxy) is 1. The molecule has 3 aliphatic heterocycles. The van der Waals surface area contributed by atoms with Crippen molar-refractivity contribution in [3.8, 4) is 0 Å². The van der Waals surface area contributed by atoms with E-state index in [0.29, 0.717) is 13.1 Å². The van der Waals surface area contributed by atoms with Gasteiger partial charge in [-0.15, -0.1) is 0 Å². The van der Waals surface area contributed by atoms with Crippen LogP contribution in [0.15, 0.2) is 65.6 Å². The molecule has 27 heavy (non-hydrogen) atoms. The summed E-state index contributed by atoms with van der Waals surface area (Å²) in [6.45, 7) is 8.49. The molecular formula is C22H26FN3O. The second kappa shape index (κ2) is 7.69. The molecule has 0 aliphatic carbocycles. The van der Waals surface area contributed by atoms with E-state index in [1.807, 2.05) is 6.07 Å². The van der Waals surface area contributed by atoms with Gasteiger partial charge in [0.1, 0.15) is 17.8 Å². The van der Waals surface area contributed by atoms with Gasteiger partial charge >= 0.3 is 0 Å². The molecule has 142 valence electrons. The predicted molar refractivity (Wildman–Crippen MR) is 106 cm³/mol. The van der Waals surface area contributed by atoms with Crippen molar-refractivity contribution < 1.29 is 9.13 Å². The Labute approximate surface area is 160 Å². The molecule has 3 aliphatic rings. The molecule has 5 heteroatoms. The molecule has 0 radical (unpaired) electrons. The lowest BCUT2D eigenvalue weighted by Crippen LogP contribution is -2.49. The number of benzene rings is 1. The Balaban J connectivity index is 1.62. The van der Waals surface area contributed by atoms with Gasteiger partial charge in [0.2, 0.25) is 0 Å². The minimum atomic E-state index is -0.211. The van der Waals surface area contributed by atoms with Crippen LogP contribution in [0.25, 0.3) is 0 Å². The minimum absolute atomic E-state index is 0.00837. The largest absolute Gasteiger partial charge is 0.370 e. The molecule has 0 spiro atoms. The van der Waals surface area contributed by atoms with Gasteiger partial charge in [0.05, 0.1) is 12.6 Å². The lowest BCUT2D eigenvalue weighted by molar-refractivity contribution is 0.0512. The van der Waals surface area contributed by atoms with Crippen LogP contribution < -0.4 is 0 Å². The third-order valence-corrected chi connectivity index (χ3v) is 5.38. The number of hydrogen-bond acceptors (Lipinski definition) is 4. The topological polar surface area (TPSA) is 28.1 Å².